The Morgan fingerprint density at radius 1 is 1.05 bits per heavy atom. The number of halogens is 1. The fourth-order valence-corrected chi connectivity index (χ4v) is 3.89. The van der Waals surface area contributed by atoms with Crippen molar-refractivity contribution in [2.24, 2.45) is 5.92 Å². The zero-order valence-electron chi connectivity index (χ0n) is 13.4. The average Bonchev–Trinajstić information content (AvgIpc) is 2.55. The highest BCUT2D eigenvalue weighted by atomic mass is 79.9. The summed E-state index contributed by atoms with van der Waals surface area (Å²) in [6, 6.07) is 13.4. The van der Waals surface area contributed by atoms with Crippen LogP contribution < -0.4 is 0 Å². The molecule has 0 saturated carbocycles. The lowest BCUT2D eigenvalue weighted by Crippen LogP contribution is -2.05. The summed E-state index contributed by atoms with van der Waals surface area (Å²) in [5, 5.41) is 2.65. The molecule has 1 unspecified atom stereocenters. The lowest BCUT2D eigenvalue weighted by Gasteiger charge is -2.22. The van der Waals surface area contributed by atoms with Gasteiger partial charge in [0.2, 0.25) is 0 Å². The Balaban J connectivity index is 1.71. The molecule has 1 heteroatoms. The van der Waals surface area contributed by atoms with E-state index in [1.807, 2.05) is 0 Å². The molecule has 0 fully saturated rings. The maximum absolute atomic E-state index is 3.55. The molecule has 0 radical (unpaired) electrons. The monoisotopic (exact) mass is 356 g/mol. The Kier molecular flexibility index (Phi) is 5.36. The zero-order valence-corrected chi connectivity index (χ0v) is 15.0. The smallest absolute Gasteiger partial charge is 0.0181 e. The second kappa shape index (κ2) is 7.46. The third kappa shape index (κ3) is 3.81. The number of hydrogen-bond acceptors (Lipinski definition) is 0. The fourth-order valence-electron chi connectivity index (χ4n) is 3.51. The van der Waals surface area contributed by atoms with Crippen molar-refractivity contribution in [1.29, 1.82) is 0 Å². The summed E-state index contributed by atoms with van der Waals surface area (Å²) in [5.41, 5.74) is 2.97. The number of hydrogen-bond donors (Lipinski definition) is 0. The molecule has 1 aliphatic rings. The molecule has 3 rings (SSSR count). The van der Waals surface area contributed by atoms with Crippen molar-refractivity contribution in [2.75, 3.05) is 0 Å². The van der Waals surface area contributed by atoms with Crippen molar-refractivity contribution in [2.45, 2.75) is 51.9 Å². The van der Waals surface area contributed by atoms with Gasteiger partial charge in [-0.05, 0) is 65.3 Å². The van der Waals surface area contributed by atoms with Gasteiger partial charge >= 0.3 is 0 Å². The summed E-state index contributed by atoms with van der Waals surface area (Å²) in [6.07, 6.45) is 12.0. The van der Waals surface area contributed by atoms with Crippen LogP contribution in [0.3, 0.4) is 0 Å². The van der Waals surface area contributed by atoms with Gasteiger partial charge in [-0.2, -0.15) is 0 Å². The normalized spacial score (nSPS) is 18.5. The molecule has 0 aliphatic heterocycles. The van der Waals surface area contributed by atoms with Crippen molar-refractivity contribution in [3.63, 3.8) is 0 Å². The first kappa shape index (κ1) is 15.8. The van der Waals surface area contributed by atoms with Crippen LogP contribution >= 0.6 is 15.9 Å². The minimum atomic E-state index is 0.923. The van der Waals surface area contributed by atoms with Gasteiger partial charge in [-0.3, -0.25) is 0 Å². The molecular weight excluding hydrogens is 332 g/mol. The summed E-state index contributed by atoms with van der Waals surface area (Å²) < 4.78 is 1.15. The van der Waals surface area contributed by atoms with E-state index in [0.717, 1.165) is 10.4 Å². The van der Waals surface area contributed by atoms with E-state index in [1.165, 1.54) is 61.3 Å². The number of unbranched alkanes of at least 4 members (excludes halogenated alkanes) is 2. The summed E-state index contributed by atoms with van der Waals surface area (Å²) >= 11 is 3.55. The van der Waals surface area contributed by atoms with Crippen molar-refractivity contribution < 1.29 is 0 Å². The summed E-state index contributed by atoms with van der Waals surface area (Å²) in [4.78, 5) is 0. The van der Waals surface area contributed by atoms with Crippen LogP contribution in [-0.2, 0) is 0 Å². The SMILES string of the molecule is CCCCCC1CC=C(c2ccc3cc(Br)ccc3c2)CC1. The molecule has 22 heavy (non-hydrogen) atoms. The van der Waals surface area contributed by atoms with Crippen LogP contribution in [0, 0.1) is 5.92 Å². The molecular formula is C21H25Br. The molecule has 1 atom stereocenters. The topological polar surface area (TPSA) is 0 Å². The lowest BCUT2D eigenvalue weighted by molar-refractivity contribution is 0.428. The number of allylic oxidation sites excluding steroid dienone is 2. The molecule has 2 aromatic carbocycles. The second-order valence-electron chi connectivity index (χ2n) is 6.57. The van der Waals surface area contributed by atoms with Crippen molar-refractivity contribution in [3.05, 3.63) is 52.5 Å². The van der Waals surface area contributed by atoms with E-state index in [-0.39, 0.29) is 0 Å². The largest absolute Gasteiger partial charge is 0.0804 e. The Hall–Kier alpha value is -1.08. The van der Waals surface area contributed by atoms with Gasteiger partial charge in [-0.15, -0.1) is 0 Å². The third-order valence-corrected chi connectivity index (χ3v) is 5.40. The summed E-state index contributed by atoms with van der Waals surface area (Å²) in [7, 11) is 0. The highest BCUT2D eigenvalue weighted by molar-refractivity contribution is 9.10. The minimum absolute atomic E-state index is 0.923. The first-order valence-corrected chi connectivity index (χ1v) is 9.44. The molecule has 0 saturated heterocycles. The minimum Gasteiger partial charge on any atom is -0.0804 e. The Labute approximate surface area is 142 Å². The van der Waals surface area contributed by atoms with Gasteiger partial charge in [0.1, 0.15) is 0 Å². The Morgan fingerprint density at radius 2 is 1.86 bits per heavy atom. The van der Waals surface area contributed by atoms with Crippen molar-refractivity contribution in [3.8, 4) is 0 Å². The number of benzene rings is 2. The van der Waals surface area contributed by atoms with Gasteiger partial charge in [0.05, 0.1) is 0 Å². The van der Waals surface area contributed by atoms with Crippen LogP contribution in [0.15, 0.2) is 46.9 Å². The first-order valence-electron chi connectivity index (χ1n) is 8.65. The maximum atomic E-state index is 3.55. The Morgan fingerprint density at radius 3 is 2.64 bits per heavy atom. The van der Waals surface area contributed by atoms with Gasteiger partial charge in [0.25, 0.3) is 0 Å². The molecule has 1 aliphatic carbocycles. The van der Waals surface area contributed by atoms with Crippen LogP contribution in [0.2, 0.25) is 0 Å². The van der Waals surface area contributed by atoms with Gasteiger partial charge in [0, 0.05) is 4.47 Å². The van der Waals surface area contributed by atoms with Crippen LogP contribution in [-0.4, -0.2) is 0 Å². The average molecular weight is 357 g/mol. The lowest BCUT2D eigenvalue weighted by atomic mass is 9.83. The quantitative estimate of drug-likeness (QED) is 0.490. The number of fused-ring (bicyclic) bond motifs is 1. The molecule has 0 amide bonds. The molecule has 116 valence electrons. The van der Waals surface area contributed by atoms with E-state index in [4.69, 9.17) is 0 Å². The zero-order chi connectivity index (χ0) is 15.4. The van der Waals surface area contributed by atoms with E-state index in [1.54, 1.807) is 5.57 Å². The third-order valence-electron chi connectivity index (χ3n) is 4.91. The van der Waals surface area contributed by atoms with Gasteiger partial charge in [-0.1, -0.05) is 72.8 Å². The number of rotatable bonds is 5. The van der Waals surface area contributed by atoms with Crippen LogP contribution in [0.1, 0.15) is 57.4 Å². The molecule has 0 nitrogen and oxygen atoms in total. The Bertz CT molecular complexity index is 669. The van der Waals surface area contributed by atoms with Crippen LogP contribution in [0.25, 0.3) is 16.3 Å². The van der Waals surface area contributed by atoms with Crippen molar-refractivity contribution in [1.82, 2.24) is 0 Å². The molecule has 2 aromatic rings. The van der Waals surface area contributed by atoms with Crippen LogP contribution in [0.5, 0.6) is 0 Å². The van der Waals surface area contributed by atoms with Gasteiger partial charge in [-0.25, -0.2) is 0 Å². The van der Waals surface area contributed by atoms with Crippen molar-refractivity contribution >= 4 is 32.3 Å². The molecule has 0 N–H and O–H groups in total. The predicted octanol–water partition coefficient (Wildman–Crippen LogP) is 7.37. The maximum Gasteiger partial charge on any atom is 0.0181 e. The summed E-state index contributed by atoms with van der Waals surface area (Å²) in [5.74, 6) is 0.923. The fraction of sp³-hybridized carbons (Fsp3) is 0.429. The highest BCUT2D eigenvalue weighted by Crippen LogP contribution is 2.34. The molecule has 0 heterocycles. The standard InChI is InChI=1S/C21H25Br/c1-2-3-4-5-16-6-8-17(9-7-16)18-10-11-20-15-21(22)13-12-19(20)14-18/h8,10-16H,2-7,9H2,1H3. The predicted molar refractivity (Wildman–Crippen MR) is 101 cm³/mol. The van der Waals surface area contributed by atoms with E-state index < -0.39 is 0 Å². The van der Waals surface area contributed by atoms with Crippen LogP contribution in [0.4, 0.5) is 0 Å². The molecule has 0 aromatic heterocycles. The summed E-state index contributed by atoms with van der Waals surface area (Å²) in [6.45, 7) is 2.29. The van der Waals surface area contributed by atoms with Gasteiger partial charge < -0.3 is 0 Å². The van der Waals surface area contributed by atoms with E-state index in [9.17, 15) is 0 Å². The molecule has 0 spiro atoms. The van der Waals surface area contributed by atoms with E-state index >= 15 is 0 Å². The van der Waals surface area contributed by atoms with E-state index in [0.29, 0.717) is 0 Å². The highest BCUT2D eigenvalue weighted by Gasteiger charge is 2.15. The molecule has 0 bridgehead atoms. The first-order chi connectivity index (χ1) is 10.8. The van der Waals surface area contributed by atoms with Gasteiger partial charge in [0.15, 0.2) is 0 Å². The van der Waals surface area contributed by atoms with E-state index in [2.05, 4.69) is 65.3 Å². The second-order valence-corrected chi connectivity index (χ2v) is 7.49.